The maximum Gasteiger partial charge on any atom is 0.316 e. The molecule has 5 rings (SSSR count). The van der Waals surface area contributed by atoms with E-state index in [0.29, 0.717) is 27.8 Å². The van der Waals surface area contributed by atoms with Crippen molar-refractivity contribution in [3.63, 3.8) is 0 Å². The van der Waals surface area contributed by atoms with Gasteiger partial charge in [-0.2, -0.15) is 15.3 Å². The number of nitrogens with one attached hydrogen (secondary N) is 2. The summed E-state index contributed by atoms with van der Waals surface area (Å²) >= 11 is 0. The van der Waals surface area contributed by atoms with Crippen LogP contribution in [0.25, 0.3) is 21.8 Å². The lowest BCUT2D eigenvalue weighted by Crippen LogP contribution is -2.54. The van der Waals surface area contributed by atoms with Crippen LogP contribution >= 0.6 is 0 Å². The lowest BCUT2D eigenvalue weighted by atomic mass is 10.0. The Morgan fingerprint density at radius 3 is 2.92 bits per heavy atom. The highest BCUT2D eigenvalue weighted by Gasteiger charge is 2.25. The minimum atomic E-state index is -0.350. The topological polar surface area (TPSA) is 121 Å². The van der Waals surface area contributed by atoms with Crippen molar-refractivity contribution in [2.75, 3.05) is 30.4 Å². The predicted octanol–water partition coefficient (Wildman–Crippen LogP) is 3.00. The van der Waals surface area contributed by atoms with Gasteiger partial charge in [0.2, 0.25) is 0 Å². The molecule has 1 amide bonds. The van der Waals surface area contributed by atoms with E-state index in [9.17, 15) is 10.1 Å². The Labute approximate surface area is 208 Å². The second-order valence-corrected chi connectivity index (χ2v) is 8.90. The van der Waals surface area contributed by atoms with Gasteiger partial charge >= 0.3 is 6.01 Å². The molecule has 0 radical (unpaired) electrons. The third-order valence-electron chi connectivity index (χ3n) is 6.27. The molecule has 2 atom stereocenters. The van der Waals surface area contributed by atoms with Crippen LogP contribution in [0.2, 0.25) is 0 Å². The number of methoxy groups -OCH3 is 1. The van der Waals surface area contributed by atoms with E-state index in [0.717, 1.165) is 29.5 Å². The molecule has 0 saturated carbocycles. The van der Waals surface area contributed by atoms with E-state index >= 15 is 0 Å². The zero-order valence-corrected chi connectivity index (χ0v) is 20.3. The van der Waals surface area contributed by atoms with Crippen LogP contribution in [0.4, 0.5) is 11.4 Å². The van der Waals surface area contributed by atoms with Gasteiger partial charge in [0.05, 0.1) is 23.8 Å². The molecular weight excluding hydrogens is 456 g/mol. The molecule has 36 heavy (non-hydrogen) atoms. The van der Waals surface area contributed by atoms with Gasteiger partial charge in [-0.15, -0.1) is 6.58 Å². The number of aromatic nitrogens is 4. The number of ether oxygens (including phenoxy) is 1. The van der Waals surface area contributed by atoms with E-state index in [-0.39, 0.29) is 24.0 Å². The third kappa shape index (κ3) is 4.21. The highest BCUT2D eigenvalue weighted by Crippen LogP contribution is 2.31. The number of amides is 1. The smallest absolute Gasteiger partial charge is 0.316 e. The van der Waals surface area contributed by atoms with Gasteiger partial charge in [0.25, 0.3) is 5.91 Å². The lowest BCUT2D eigenvalue weighted by molar-refractivity contribution is 0.102. The SMILES string of the molecule is C=C[C@@H]1CN(c2ccc(C(=O)Nc3cc(C#N)c4nn(C)cc4c3)c3nc(OC)ncc23)C[C@@H](C)N1. The van der Waals surface area contributed by atoms with Crippen LogP contribution in [0.1, 0.15) is 22.8 Å². The molecule has 1 aliphatic rings. The zero-order valence-electron chi connectivity index (χ0n) is 20.3. The Balaban J connectivity index is 1.55. The molecule has 0 aliphatic carbocycles. The Kier molecular flexibility index (Phi) is 6.00. The van der Waals surface area contributed by atoms with Gasteiger partial charge in [0, 0.05) is 66.8 Å². The molecular formula is C26H26N8O2. The molecule has 2 N–H and O–H groups in total. The Hall–Kier alpha value is -4.49. The van der Waals surface area contributed by atoms with E-state index in [4.69, 9.17) is 4.74 Å². The number of anilines is 2. The van der Waals surface area contributed by atoms with Gasteiger partial charge < -0.3 is 20.3 Å². The van der Waals surface area contributed by atoms with Crippen molar-refractivity contribution in [3.8, 4) is 12.1 Å². The first-order valence-electron chi connectivity index (χ1n) is 11.6. The van der Waals surface area contributed by atoms with Crippen LogP contribution < -0.4 is 20.3 Å². The quantitative estimate of drug-likeness (QED) is 0.417. The van der Waals surface area contributed by atoms with Crippen LogP contribution in [0.15, 0.2) is 49.3 Å². The van der Waals surface area contributed by atoms with Gasteiger partial charge in [-0.05, 0) is 31.2 Å². The molecule has 0 spiro atoms. The summed E-state index contributed by atoms with van der Waals surface area (Å²) in [6.45, 7) is 7.59. The summed E-state index contributed by atoms with van der Waals surface area (Å²) in [5.74, 6) is -0.350. The number of hydrogen-bond donors (Lipinski definition) is 2. The second kappa shape index (κ2) is 9.28. The van der Waals surface area contributed by atoms with Gasteiger partial charge in [0.15, 0.2) is 0 Å². The summed E-state index contributed by atoms with van der Waals surface area (Å²) in [6, 6.07) is 9.84. The molecule has 0 bridgehead atoms. The van der Waals surface area contributed by atoms with Crippen molar-refractivity contribution in [2.45, 2.75) is 19.0 Å². The summed E-state index contributed by atoms with van der Waals surface area (Å²) < 4.78 is 6.90. The van der Waals surface area contributed by atoms with Crippen LogP contribution in [-0.2, 0) is 7.05 Å². The Bertz CT molecular complexity index is 1540. The molecule has 4 aromatic rings. The van der Waals surface area contributed by atoms with Gasteiger partial charge in [-0.1, -0.05) is 6.08 Å². The highest BCUT2D eigenvalue weighted by molar-refractivity contribution is 6.14. The number of fused-ring (bicyclic) bond motifs is 2. The van der Waals surface area contributed by atoms with Crippen molar-refractivity contribution in [2.24, 2.45) is 7.05 Å². The van der Waals surface area contributed by atoms with Gasteiger partial charge in [-0.3, -0.25) is 9.48 Å². The number of hydrogen-bond acceptors (Lipinski definition) is 8. The largest absolute Gasteiger partial charge is 0.467 e. The first-order chi connectivity index (χ1) is 17.4. The number of carbonyl (C=O) groups is 1. The predicted molar refractivity (Wildman–Crippen MR) is 138 cm³/mol. The fraction of sp³-hybridized carbons (Fsp3) is 0.269. The maximum absolute atomic E-state index is 13.5. The van der Waals surface area contributed by atoms with Crippen molar-refractivity contribution >= 4 is 39.1 Å². The molecule has 10 heteroatoms. The number of rotatable bonds is 5. The minimum absolute atomic E-state index is 0.141. The molecule has 182 valence electrons. The average Bonchev–Trinajstić information content (AvgIpc) is 3.26. The zero-order chi connectivity index (χ0) is 25.4. The molecule has 2 aromatic carbocycles. The molecule has 10 nitrogen and oxygen atoms in total. The number of carbonyl (C=O) groups excluding carboxylic acids is 1. The van der Waals surface area contributed by atoms with Crippen LogP contribution in [-0.4, -0.2) is 57.9 Å². The van der Waals surface area contributed by atoms with E-state index in [1.54, 1.807) is 42.3 Å². The normalized spacial score (nSPS) is 17.7. The lowest BCUT2D eigenvalue weighted by Gasteiger charge is -2.38. The molecule has 1 saturated heterocycles. The second-order valence-electron chi connectivity index (χ2n) is 8.90. The average molecular weight is 483 g/mol. The number of benzene rings is 2. The third-order valence-corrected chi connectivity index (χ3v) is 6.27. The Morgan fingerprint density at radius 1 is 1.33 bits per heavy atom. The van der Waals surface area contributed by atoms with E-state index in [1.807, 2.05) is 12.1 Å². The monoisotopic (exact) mass is 482 g/mol. The summed E-state index contributed by atoms with van der Waals surface area (Å²) in [4.78, 5) is 24.6. The van der Waals surface area contributed by atoms with E-state index < -0.39 is 0 Å². The summed E-state index contributed by atoms with van der Waals surface area (Å²) in [7, 11) is 3.28. The Morgan fingerprint density at radius 2 is 2.17 bits per heavy atom. The van der Waals surface area contributed by atoms with Crippen molar-refractivity contribution in [1.82, 2.24) is 25.1 Å². The van der Waals surface area contributed by atoms with Crippen LogP contribution in [0.3, 0.4) is 0 Å². The van der Waals surface area contributed by atoms with Crippen LogP contribution in [0, 0.1) is 11.3 Å². The number of piperazine rings is 1. The molecule has 0 unspecified atom stereocenters. The fourth-order valence-electron chi connectivity index (χ4n) is 4.71. The standard InChI is InChI=1S/C26H26N8O2/c1-5-18-14-34(12-15(2)29-18)22-7-6-20(24-21(22)11-28-26(31-24)36-4)25(35)30-19-8-16(10-27)23-17(9-19)13-33(3)32-23/h5-9,11,13,15,18,29H,1,12,14H2,2-4H3,(H,30,35)/t15-,18-/m1/s1. The molecule has 1 aliphatic heterocycles. The number of nitriles is 1. The van der Waals surface area contributed by atoms with E-state index in [1.165, 1.54) is 7.11 Å². The number of aryl methyl sites for hydroxylation is 1. The van der Waals surface area contributed by atoms with Crippen molar-refractivity contribution in [3.05, 3.63) is 60.4 Å². The minimum Gasteiger partial charge on any atom is -0.467 e. The fourth-order valence-corrected chi connectivity index (χ4v) is 4.71. The number of nitrogens with zero attached hydrogens (tertiary/aromatic N) is 6. The summed E-state index contributed by atoms with van der Waals surface area (Å²) in [5.41, 5.74) is 3.28. The molecule has 2 aromatic heterocycles. The van der Waals surface area contributed by atoms with E-state index in [2.05, 4.69) is 50.2 Å². The van der Waals surface area contributed by atoms with Crippen LogP contribution in [0.5, 0.6) is 6.01 Å². The van der Waals surface area contributed by atoms with Gasteiger partial charge in [0.1, 0.15) is 11.6 Å². The first-order valence-corrected chi connectivity index (χ1v) is 11.6. The highest BCUT2D eigenvalue weighted by atomic mass is 16.5. The maximum atomic E-state index is 13.5. The first kappa shape index (κ1) is 23.3. The van der Waals surface area contributed by atoms with Crippen molar-refractivity contribution < 1.29 is 9.53 Å². The van der Waals surface area contributed by atoms with Crippen molar-refractivity contribution in [1.29, 1.82) is 5.26 Å². The summed E-state index contributed by atoms with van der Waals surface area (Å²) in [6.07, 6.45) is 5.40. The molecule has 1 fully saturated rings. The van der Waals surface area contributed by atoms with Gasteiger partial charge in [-0.25, -0.2) is 4.98 Å². The summed E-state index contributed by atoms with van der Waals surface area (Å²) in [5, 5.41) is 21.8. The molecule has 3 heterocycles.